The number of nitrogens with zero attached hydrogens (tertiary/aromatic N) is 1. The zero-order valence-electron chi connectivity index (χ0n) is 13.8. The van der Waals surface area contributed by atoms with Gasteiger partial charge in [0.25, 0.3) is 0 Å². The molecule has 0 aliphatic carbocycles. The highest BCUT2D eigenvalue weighted by molar-refractivity contribution is 6.03. The number of nitrogens with one attached hydrogen (secondary N) is 1. The van der Waals surface area contributed by atoms with Crippen molar-refractivity contribution >= 4 is 34.2 Å². The van der Waals surface area contributed by atoms with E-state index in [1.165, 1.54) is 6.07 Å². The van der Waals surface area contributed by atoms with Crippen LogP contribution in [0.1, 0.15) is 6.42 Å². The summed E-state index contributed by atoms with van der Waals surface area (Å²) in [5.41, 5.74) is 1.44. The van der Waals surface area contributed by atoms with Gasteiger partial charge in [0, 0.05) is 35.8 Å². The lowest BCUT2D eigenvalue weighted by molar-refractivity contribution is -0.122. The Labute approximate surface area is 149 Å². The molecule has 1 atom stereocenters. The van der Waals surface area contributed by atoms with Crippen LogP contribution in [0.15, 0.2) is 69.9 Å². The van der Waals surface area contributed by atoms with Gasteiger partial charge in [0.2, 0.25) is 11.8 Å². The third-order valence-corrected chi connectivity index (χ3v) is 4.45. The molecule has 0 spiro atoms. The molecule has 2 amide bonds. The number of carbonyl (C=O) groups is 2. The van der Waals surface area contributed by atoms with Crippen LogP contribution in [0.5, 0.6) is 0 Å². The molecule has 3 aromatic rings. The molecule has 1 N–H and O–H groups in total. The van der Waals surface area contributed by atoms with Gasteiger partial charge in [-0.1, -0.05) is 18.2 Å². The SMILES string of the molecule is O=C(Nc1ccc2oc(=O)ccc2c1)[C@H]1CC(=O)N(c2ccccc2)C1. The summed E-state index contributed by atoms with van der Waals surface area (Å²) in [6, 6.07) is 17.4. The summed E-state index contributed by atoms with van der Waals surface area (Å²) in [7, 11) is 0. The Bertz CT molecular complexity index is 1040. The molecule has 0 radical (unpaired) electrons. The predicted molar refractivity (Wildman–Crippen MR) is 98.0 cm³/mol. The normalized spacial score (nSPS) is 16.8. The lowest BCUT2D eigenvalue weighted by Gasteiger charge is -2.16. The number of hydrogen-bond acceptors (Lipinski definition) is 4. The zero-order chi connectivity index (χ0) is 18.1. The van der Waals surface area contributed by atoms with Gasteiger partial charge in [-0.3, -0.25) is 9.59 Å². The van der Waals surface area contributed by atoms with Crippen molar-refractivity contribution in [3.63, 3.8) is 0 Å². The van der Waals surface area contributed by atoms with Crippen molar-refractivity contribution in [3.05, 3.63) is 71.1 Å². The molecule has 4 rings (SSSR count). The van der Waals surface area contributed by atoms with Crippen molar-refractivity contribution in [2.24, 2.45) is 5.92 Å². The Morgan fingerprint density at radius 2 is 1.85 bits per heavy atom. The van der Waals surface area contributed by atoms with Gasteiger partial charge in [0.05, 0.1) is 5.92 Å². The maximum Gasteiger partial charge on any atom is 0.336 e. The molecule has 0 bridgehead atoms. The van der Waals surface area contributed by atoms with E-state index in [4.69, 9.17) is 4.42 Å². The highest BCUT2D eigenvalue weighted by Gasteiger charge is 2.35. The highest BCUT2D eigenvalue weighted by atomic mass is 16.4. The maximum atomic E-state index is 12.6. The van der Waals surface area contributed by atoms with E-state index in [0.717, 1.165) is 11.1 Å². The first kappa shape index (κ1) is 16.1. The van der Waals surface area contributed by atoms with E-state index in [0.29, 0.717) is 17.8 Å². The van der Waals surface area contributed by atoms with Gasteiger partial charge in [-0.25, -0.2) is 4.79 Å². The Kier molecular flexibility index (Phi) is 4.01. The van der Waals surface area contributed by atoms with Gasteiger partial charge in [-0.2, -0.15) is 0 Å². The molecule has 2 aromatic carbocycles. The summed E-state index contributed by atoms with van der Waals surface area (Å²) in [6.45, 7) is 0.358. The lowest BCUT2D eigenvalue weighted by Crippen LogP contribution is -2.28. The van der Waals surface area contributed by atoms with Crippen molar-refractivity contribution in [1.29, 1.82) is 0 Å². The van der Waals surface area contributed by atoms with Gasteiger partial charge < -0.3 is 14.6 Å². The molecule has 0 unspecified atom stereocenters. The van der Waals surface area contributed by atoms with E-state index in [1.54, 1.807) is 29.2 Å². The summed E-state index contributed by atoms with van der Waals surface area (Å²) in [5, 5.41) is 3.56. The number of para-hydroxylation sites is 1. The van der Waals surface area contributed by atoms with Crippen molar-refractivity contribution < 1.29 is 14.0 Å². The number of benzene rings is 2. The van der Waals surface area contributed by atoms with Crippen molar-refractivity contribution in [2.75, 3.05) is 16.8 Å². The summed E-state index contributed by atoms with van der Waals surface area (Å²) in [5.74, 6) is -0.669. The van der Waals surface area contributed by atoms with Gasteiger partial charge >= 0.3 is 5.63 Å². The fourth-order valence-corrected chi connectivity index (χ4v) is 3.13. The fourth-order valence-electron chi connectivity index (χ4n) is 3.13. The first-order valence-electron chi connectivity index (χ1n) is 8.30. The van der Waals surface area contributed by atoms with Crippen LogP contribution in [0.25, 0.3) is 11.0 Å². The molecule has 1 aromatic heterocycles. The predicted octanol–water partition coefficient (Wildman–Crippen LogP) is 2.78. The zero-order valence-corrected chi connectivity index (χ0v) is 13.8. The Hall–Kier alpha value is -3.41. The lowest BCUT2D eigenvalue weighted by atomic mass is 10.1. The van der Waals surface area contributed by atoms with E-state index in [2.05, 4.69) is 5.32 Å². The standard InChI is InChI=1S/C20H16N2O4/c23-18-11-14(12-22(18)16-4-2-1-3-5-16)20(25)21-15-7-8-17-13(10-15)6-9-19(24)26-17/h1-10,14H,11-12H2,(H,21,25)/t14-/m0/s1. The van der Waals surface area contributed by atoms with Crippen LogP contribution in [-0.4, -0.2) is 18.4 Å². The average Bonchev–Trinajstić information content (AvgIpc) is 3.04. The smallest absolute Gasteiger partial charge is 0.336 e. The summed E-state index contributed by atoms with van der Waals surface area (Å²) in [4.78, 5) is 37.7. The van der Waals surface area contributed by atoms with Gasteiger partial charge in [0.15, 0.2) is 0 Å². The van der Waals surface area contributed by atoms with E-state index < -0.39 is 11.5 Å². The number of carbonyl (C=O) groups excluding carboxylic acids is 2. The number of hydrogen-bond donors (Lipinski definition) is 1. The Morgan fingerprint density at radius 1 is 1.04 bits per heavy atom. The quantitative estimate of drug-likeness (QED) is 0.738. The first-order chi connectivity index (χ1) is 12.6. The molecular formula is C20H16N2O4. The summed E-state index contributed by atoms with van der Waals surface area (Å²) >= 11 is 0. The number of anilines is 2. The molecule has 1 fully saturated rings. The maximum absolute atomic E-state index is 12.6. The molecule has 6 nitrogen and oxygen atoms in total. The van der Waals surface area contributed by atoms with Crippen molar-refractivity contribution in [3.8, 4) is 0 Å². The molecule has 2 heterocycles. The fraction of sp³-hybridized carbons (Fsp3) is 0.150. The van der Waals surface area contributed by atoms with Gasteiger partial charge in [0.1, 0.15) is 5.58 Å². The summed E-state index contributed by atoms with van der Waals surface area (Å²) in [6.07, 6.45) is 0.184. The number of fused-ring (bicyclic) bond motifs is 1. The first-order valence-corrected chi connectivity index (χ1v) is 8.30. The average molecular weight is 348 g/mol. The van der Waals surface area contributed by atoms with Crippen molar-refractivity contribution in [1.82, 2.24) is 0 Å². The topological polar surface area (TPSA) is 79.6 Å². The molecule has 1 aliphatic rings. The minimum Gasteiger partial charge on any atom is -0.423 e. The summed E-state index contributed by atoms with van der Waals surface area (Å²) < 4.78 is 5.08. The minimum atomic E-state index is -0.417. The Morgan fingerprint density at radius 3 is 2.65 bits per heavy atom. The van der Waals surface area contributed by atoms with E-state index in [9.17, 15) is 14.4 Å². The second-order valence-corrected chi connectivity index (χ2v) is 6.24. The highest BCUT2D eigenvalue weighted by Crippen LogP contribution is 2.26. The second kappa shape index (κ2) is 6.48. The van der Waals surface area contributed by atoms with Crippen LogP contribution in [0.4, 0.5) is 11.4 Å². The number of rotatable bonds is 3. The number of amides is 2. The molecule has 1 aliphatic heterocycles. The second-order valence-electron chi connectivity index (χ2n) is 6.24. The minimum absolute atomic E-state index is 0.0587. The van der Waals surface area contributed by atoms with Gasteiger partial charge in [-0.15, -0.1) is 0 Å². The molecule has 1 saturated heterocycles. The monoisotopic (exact) mass is 348 g/mol. The van der Waals surface area contributed by atoms with Crippen LogP contribution < -0.4 is 15.8 Å². The molecule has 26 heavy (non-hydrogen) atoms. The van der Waals surface area contributed by atoms with Crippen LogP contribution in [0.2, 0.25) is 0 Å². The third-order valence-electron chi connectivity index (χ3n) is 4.45. The third kappa shape index (κ3) is 3.09. The van der Waals surface area contributed by atoms with Crippen LogP contribution in [0, 0.1) is 5.92 Å². The van der Waals surface area contributed by atoms with Crippen molar-refractivity contribution in [2.45, 2.75) is 6.42 Å². The van der Waals surface area contributed by atoms with Gasteiger partial charge in [-0.05, 0) is 36.4 Å². The van der Waals surface area contributed by atoms with E-state index in [1.807, 2.05) is 30.3 Å². The molecule has 6 heteroatoms. The van der Waals surface area contributed by atoms with E-state index >= 15 is 0 Å². The molecular weight excluding hydrogens is 332 g/mol. The molecule has 0 saturated carbocycles. The van der Waals surface area contributed by atoms with Crippen LogP contribution in [-0.2, 0) is 9.59 Å². The van der Waals surface area contributed by atoms with Crippen LogP contribution >= 0.6 is 0 Å². The molecule has 130 valence electrons. The largest absolute Gasteiger partial charge is 0.423 e. The van der Waals surface area contributed by atoms with E-state index in [-0.39, 0.29) is 18.2 Å². The Balaban J connectivity index is 1.49. The van der Waals surface area contributed by atoms with Crippen LogP contribution in [0.3, 0.4) is 0 Å².